The molecule has 0 aliphatic carbocycles. The number of hydrogen-bond donors (Lipinski definition) is 2. The van der Waals surface area contributed by atoms with Crippen LogP contribution in [-0.2, 0) is 4.79 Å². The lowest BCUT2D eigenvalue weighted by Crippen LogP contribution is -2.32. The Morgan fingerprint density at radius 3 is 2.53 bits per heavy atom. The Labute approximate surface area is 123 Å². The molecule has 0 saturated heterocycles. The van der Waals surface area contributed by atoms with Gasteiger partial charge in [0.25, 0.3) is 5.91 Å². The summed E-state index contributed by atoms with van der Waals surface area (Å²) in [5.74, 6) is -0.517. The van der Waals surface area contributed by atoms with Crippen molar-refractivity contribution in [3.05, 3.63) is 51.1 Å². The summed E-state index contributed by atoms with van der Waals surface area (Å²) in [4.78, 5) is 23.3. The molecular weight excluding hydrogens is 328 g/mol. The van der Waals surface area contributed by atoms with E-state index in [4.69, 9.17) is 0 Å². The molecule has 19 heavy (non-hydrogen) atoms. The fraction of sp³-hybridized carbons (Fsp3) is 0.0769. The Hall–Kier alpha value is -1.66. The highest BCUT2D eigenvalue weighted by Gasteiger charge is 2.08. The Balaban J connectivity index is 1.83. The molecule has 1 heterocycles. The molecule has 0 atom stereocenters. The predicted octanol–water partition coefficient (Wildman–Crippen LogP) is 2.88. The van der Waals surface area contributed by atoms with E-state index in [2.05, 4.69) is 26.6 Å². The lowest BCUT2D eigenvalue weighted by molar-refractivity contribution is -0.115. The Kier molecular flexibility index (Phi) is 4.70. The first-order valence-electron chi connectivity index (χ1n) is 5.51. The molecule has 2 N–H and O–H groups in total. The molecule has 0 bridgehead atoms. The van der Waals surface area contributed by atoms with Crippen molar-refractivity contribution in [2.75, 3.05) is 11.9 Å². The number of halogens is 1. The third kappa shape index (κ3) is 4.18. The summed E-state index contributed by atoms with van der Waals surface area (Å²) in [6, 6.07) is 8.74. The van der Waals surface area contributed by atoms with Gasteiger partial charge in [-0.05, 0) is 35.7 Å². The summed E-state index contributed by atoms with van der Waals surface area (Å²) >= 11 is 4.79. The number of nitrogens with one attached hydrogen (secondary N) is 2. The minimum atomic E-state index is -0.270. The normalized spacial score (nSPS) is 9.95. The number of carbonyl (C=O) groups is 2. The van der Waals surface area contributed by atoms with E-state index in [0.29, 0.717) is 5.56 Å². The number of rotatable bonds is 4. The van der Waals surface area contributed by atoms with Gasteiger partial charge in [-0.25, -0.2) is 0 Å². The van der Waals surface area contributed by atoms with Gasteiger partial charge in [-0.15, -0.1) is 0 Å². The van der Waals surface area contributed by atoms with Crippen molar-refractivity contribution < 1.29 is 9.59 Å². The second-order valence-electron chi connectivity index (χ2n) is 3.75. The van der Waals surface area contributed by atoms with Crippen LogP contribution in [-0.4, -0.2) is 18.4 Å². The molecule has 1 aromatic heterocycles. The van der Waals surface area contributed by atoms with Crippen molar-refractivity contribution in [3.63, 3.8) is 0 Å². The zero-order valence-corrected chi connectivity index (χ0v) is 12.3. The van der Waals surface area contributed by atoms with E-state index in [1.165, 1.54) is 11.3 Å². The van der Waals surface area contributed by atoms with Crippen LogP contribution in [0.25, 0.3) is 0 Å². The van der Waals surface area contributed by atoms with Crippen LogP contribution in [0.1, 0.15) is 10.4 Å². The molecule has 0 radical (unpaired) electrons. The molecule has 2 rings (SSSR count). The van der Waals surface area contributed by atoms with Crippen LogP contribution in [0.3, 0.4) is 0 Å². The molecule has 2 aromatic rings. The fourth-order valence-electron chi connectivity index (χ4n) is 1.40. The monoisotopic (exact) mass is 338 g/mol. The molecule has 6 heteroatoms. The summed E-state index contributed by atoms with van der Waals surface area (Å²) in [7, 11) is 0. The van der Waals surface area contributed by atoms with Crippen LogP contribution in [0, 0.1) is 0 Å². The van der Waals surface area contributed by atoms with Crippen LogP contribution in [0.5, 0.6) is 0 Å². The maximum Gasteiger partial charge on any atom is 0.251 e. The van der Waals surface area contributed by atoms with Crippen molar-refractivity contribution in [3.8, 4) is 0 Å². The molecule has 4 nitrogen and oxygen atoms in total. The number of anilines is 1. The number of hydrogen-bond acceptors (Lipinski definition) is 3. The van der Waals surface area contributed by atoms with Gasteiger partial charge in [0.05, 0.1) is 12.2 Å². The van der Waals surface area contributed by atoms with Crippen molar-refractivity contribution in [2.24, 2.45) is 0 Å². The lowest BCUT2D eigenvalue weighted by Gasteiger charge is -2.05. The SMILES string of the molecule is O=C(CNC(=O)c1ccc(Br)cc1)Nc1ccsc1. The molecule has 0 aliphatic rings. The average Bonchev–Trinajstić information content (AvgIpc) is 2.89. The van der Waals surface area contributed by atoms with Gasteiger partial charge in [-0.1, -0.05) is 15.9 Å². The fourth-order valence-corrected chi connectivity index (χ4v) is 2.26. The van der Waals surface area contributed by atoms with Crippen LogP contribution < -0.4 is 10.6 Å². The molecule has 1 aromatic carbocycles. The summed E-state index contributed by atoms with van der Waals surface area (Å²) in [5.41, 5.74) is 1.26. The second kappa shape index (κ2) is 6.49. The van der Waals surface area contributed by atoms with Gasteiger partial charge in [0.1, 0.15) is 0 Å². The zero-order chi connectivity index (χ0) is 13.7. The second-order valence-corrected chi connectivity index (χ2v) is 5.45. The Bertz CT molecular complexity index is 567. The van der Waals surface area contributed by atoms with Gasteiger partial charge in [0, 0.05) is 15.4 Å². The first-order valence-corrected chi connectivity index (χ1v) is 7.24. The highest BCUT2D eigenvalue weighted by atomic mass is 79.9. The molecule has 98 valence electrons. The van der Waals surface area contributed by atoms with Gasteiger partial charge in [0.15, 0.2) is 0 Å². The van der Waals surface area contributed by atoms with E-state index in [1.807, 2.05) is 10.8 Å². The molecule has 0 fully saturated rings. The van der Waals surface area contributed by atoms with E-state index in [1.54, 1.807) is 30.3 Å². The minimum absolute atomic E-state index is 0.0508. The highest BCUT2D eigenvalue weighted by Crippen LogP contribution is 2.11. The number of carbonyl (C=O) groups excluding carboxylic acids is 2. The minimum Gasteiger partial charge on any atom is -0.343 e. The lowest BCUT2D eigenvalue weighted by atomic mass is 10.2. The van der Waals surface area contributed by atoms with Gasteiger partial charge in [0.2, 0.25) is 5.91 Å². The van der Waals surface area contributed by atoms with Crippen molar-refractivity contribution in [2.45, 2.75) is 0 Å². The third-order valence-corrected chi connectivity index (χ3v) is 3.53. The average molecular weight is 339 g/mol. The Morgan fingerprint density at radius 2 is 1.89 bits per heavy atom. The van der Waals surface area contributed by atoms with Crippen molar-refractivity contribution >= 4 is 44.8 Å². The van der Waals surface area contributed by atoms with Crippen LogP contribution in [0.2, 0.25) is 0 Å². The molecule has 0 aliphatic heterocycles. The van der Waals surface area contributed by atoms with Crippen LogP contribution >= 0.6 is 27.3 Å². The molecule has 2 amide bonds. The van der Waals surface area contributed by atoms with Gasteiger partial charge in [-0.3, -0.25) is 9.59 Å². The summed E-state index contributed by atoms with van der Waals surface area (Å²) in [5, 5.41) is 8.95. The smallest absolute Gasteiger partial charge is 0.251 e. The van der Waals surface area contributed by atoms with E-state index >= 15 is 0 Å². The topological polar surface area (TPSA) is 58.2 Å². The first kappa shape index (κ1) is 13.8. The quantitative estimate of drug-likeness (QED) is 0.900. The van der Waals surface area contributed by atoms with Gasteiger partial charge < -0.3 is 10.6 Å². The van der Waals surface area contributed by atoms with Crippen LogP contribution in [0.15, 0.2) is 45.6 Å². The van der Waals surface area contributed by atoms with Gasteiger partial charge >= 0.3 is 0 Å². The maximum absolute atomic E-state index is 11.8. The number of benzene rings is 1. The number of thiophene rings is 1. The standard InChI is InChI=1S/C13H11BrN2O2S/c14-10-3-1-9(2-4-10)13(18)15-7-12(17)16-11-5-6-19-8-11/h1-6,8H,7H2,(H,15,18)(H,16,17). The summed E-state index contributed by atoms with van der Waals surface area (Å²) < 4.78 is 0.902. The Morgan fingerprint density at radius 1 is 1.16 bits per heavy atom. The van der Waals surface area contributed by atoms with E-state index < -0.39 is 0 Å². The summed E-state index contributed by atoms with van der Waals surface area (Å²) in [6.07, 6.45) is 0. The van der Waals surface area contributed by atoms with Gasteiger partial charge in [-0.2, -0.15) is 11.3 Å². The molecular formula is C13H11BrN2O2S. The maximum atomic E-state index is 11.8. The molecule has 0 spiro atoms. The number of amides is 2. The van der Waals surface area contributed by atoms with E-state index in [9.17, 15) is 9.59 Å². The van der Waals surface area contributed by atoms with E-state index in [-0.39, 0.29) is 18.4 Å². The zero-order valence-electron chi connectivity index (χ0n) is 9.85. The largest absolute Gasteiger partial charge is 0.343 e. The van der Waals surface area contributed by atoms with Crippen molar-refractivity contribution in [1.82, 2.24) is 5.32 Å². The van der Waals surface area contributed by atoms with E-state index in [0.717, 1.165) is 10.2 Å². The first-order chi connectivity index (χ1) is 9.15. The summed E-state index contributed by atoms with van der Waals surface area (Å²) in [6.45, 7) is -0.0508. The molecule has 0 unspecified atom stereocenters. The third-order valence-electron chi connectivity index (χ3n) is 2.32. The van der Waals surface area contributed by atoms with Crippen molar-refractivity contribution in [1.29, 1.82) is 0 Å². The predicted molar refractivity (Wildman–Crippen MR) is 79.4 cm³/mol. The van der Waals surface area contributed by atoms with Crippen LogP contribution in [0.4, 0.5) is 5.69 Å². The molecule has 0 saturated carbocycles. The highest BCUT2D eigenvalue weighted by molar-refractivity contribution is 9.10.